The monoisotopic (exact) mass is 431 g/mol. The summed E-state index contributed by atoms with van der Waals surface area (Å²) in [6.45, 7) is 0. The van der Waals surface area contributed by atoms with E-state index < -0.39 is 31.4 Å². The predicted molar refractivity (Wildman–Crippen MR) is 110 cm³/mol. The van der Waals surface area contributed by atoms with Gasteiger partial charge in [0, 0.05) is 16.8 Å². The number of nitrogens with zero attached hydrogens (tertiary/aromatic N) is 1. The van der Waals surface area contributed by atoms with Gasteiger partial charge in [0.2, 0.25) is 0 Å². The van der Waals surface area contributed by atoms with Crippen LogP contribution in [0.5, 0.6) is 0 Å². The second-order valence-corrected chi connectivity index (χ2v) is 7.92. The molecule has 0 saturated carbocycles. The summed E-state index contributed by atoms with van der Waals surface area (Å²) < 4.78 is 27.7. The quantitative estimate of drug-likeness (QED) is 0.445. The molecule has 0 atom stereocenters. The Morgan fingerprint density at radius 1 is 0.931 bits per heavy atom. The second kappa shape index (κ2) is 8.29. The van der Waals surface area contributed by atoms with Crippen LogP contribution in [0.2, 0.25) is 5.02 Å². The van der Waals surface area contributed by atoms with Crippen LogP contribution in [0.1, 0.15) is 10.4 Å². The largest absolute Gasteiger partial charge is 0.322 e. The van der Waals surface area contributed by atoms with E-state index in [2.05, 4.69) is 10.0 Å². The molecule has 1 amide bonds. The van der Waals surface area contributed by atoms with Crippen LogP contribution in [0.4, 0.5) is 17.1 Å². The highest BCUT2D eigenvalue weighted by Crippen LogP contribution is 2.27. The van der Waals surface area contributed by atoms with Crippen molar-refractivity contribution in [2.75, 3.05) is 10.0 Å². The zero-order valence-corrected chi connectivity index (χ0v) is 16.3. The van der Waals surface area contributed by atoms with Crippen LogP contribution in [0.15, 0.2) is 77.7 Å². The molecule has 10 heteroatoms. The number of halogens is 1. The number of nitro benzene ring substituents is 1. The van der Waals surface area contributed by atoms with Gasteiger partial charge in [-0.1, -0.05) is 35.9 Å². The van der Waals surface area contributed by atoms with Gasteiger partial charge in [-0.2, -0.15) is 0 Å². The number of hydrogen-bond donors (Lipinski definition) is 2. The van der Waals surface area contributed by atoms with Crippen molar-refractivity contribution in [3.05, 3.63) is 93.5 Å². The molecule has 3 aromatic rings. The molecule has 0 aliphatic rings. The number of benzene rings is 3. The molecule has 8 nitrogen and oxygen atoms in total. The van der Waals surface area contributed by atoms with E-state index in [0.29, 0.717) is 10.7 Å². The van der Waals surface area contributed by atoms with E-state index >= 15 is 0 Å². The lowest BCUT2D eigenvalue weighted by Crippen LogP contribution is -2.19. The number of rotatable bonds is 6. The molecule has 3 aromatic carbocycles. The van der Waals surface area contributed by atoms with Crippen LogP contribution in [0.25, 0.3) is 0 Å². The lowest BCUT2D eigenvalue weighted by molar-refractivity contribution is -0.387. The number of amides is 1. The van der Waals surface area contributed by atoms with Gasteiger partial charge < -0.3 is 5.32 Å². The molecular formula is C19H14ClN3O5S. The lowest BCUT2D eigenvalue weighted by atomic mass is 10.1. The summed E-state index contributed by atoms with van der Waals surface area (Å²) in [5.74, 6) is -0.562. The van der Waals surface area contributed by atoms with E-state index in [1.807, 2.05) is 0 Å². The second-order valence-electron chi connectivity index (χ2n) is 5.84. The number of anilines is 2. The molecule has 0 aliphatic carbocycles. The Bertz CT molecular complexity index is 1180. The number of hydrogen-bond acceptors (Lipinski definition) is 5. The topological polar surface area (TPSA) is 118 Å². The average molecular weight is 432 g/mol. The van der Waals surface area contributed by atoms with Crippen molar-refractivity contribution in [3.8, 4) is 0 Å². The molecule has 0 aliphatic heterocycles. The van der Waals surface area contributed by atoms with Gasteiger partial charge >= 0.3 is 0 Å². The smallest absolute Gasteiger partial charge is 0.289 e. The van der Waals surface area contributed by atoms with Crippen molar-refractivity contribution in [1.82, 2.24) is 0 Å². The number of carbonyl (C=O) groups is 1. The highest BCUT2D eigenvalue weighted by Gasteiger charge is 2.26. The molecule has 0 heterocycles. The molecule has 0 aromatic heterocycles. The molecule has 3 rings (SSSR count). The summed E-state index contributed by atoms with van der Waals surface area (Å²) in [5.41, 5.74) is -0.0689. The summed E-state index contributed by atoms with van der Waals surface area (Å²) in [4.78, 5) is 22.5. The van der Waals surface area contributed by atoms with Gasteiger partial charge in [-0.25, -0.2) is 8.42 Å². The average Bonchev–Trinajstić information content (AvgIpc) is 2.70. The van der Waals surface area contributed by atoms with E-state index in [1.165, 1.54) is 30.3 Å². The summed E-state index contributed by atoms with van der Waals surface area (Å²) in [6, 6.07) is 17.3. The first-order valence-corrected chi connectivity index (χ1v) is 10.1. The first-order chi connectivity index (χ1) is 13.8. The molecule has 0 spiro atoms. The van der Waals surface area contributed by atoms with Crippen LogP contribution in [-0.4, -0.2) is 19.2 Å². The maximum absolute atomic E-state index is 12.7. The molecule has 0 saturated heterocycles. The standard InChI is InChI=1S/C19H14ClN3O5S/c20-13-9-11-14(12-10-13)21-19(24)15-5-1-2-6-16(15)22-29(27,28)18-8-4-3-7-17(18)23(25)26/h1-12,22H,(H,21,24). The Morgan fingerprint density at radius 2 is 1.55 bits per heavy atom. The third-order valence-electron chi connectivity index (χ3n) is 3.87. The SMILES string of the molecule is O=C(Nc1ccc(Cl)cc1)c1ccccc1NS(=O)(=O)c1ccccc1[N+](=O)[O-]. The third-order valence-corrected chi connectivity index (χ3v) is 5.53. The molecule has 0 fully saturated rings. The maximum Gasteiger partial charge on any atom is 0.289 e. The predicted octanol–water partition coefficient (Wildman–Crippen LogP) is 4.30. The Balaban J connectivity index is 1.92. The molecule has 0 bridgehead atoms. The lowest BCUT2D eigenvalue weighted by Gasteiger charge is -2.13. The first kappa shape index (κ1) is 20.3. The molecule has 0 unspecified atom stereocenters. The van der Waals surface area contributed by atoms with Crippen LogP contribution < -0.4 is 10.0 Å². The molecule has 2 N–H and O–H groups in total. The minimum absolute atomic E-state index is 0.0166. The molecule has 0 radical (unpaired) electrons. The van der Waals surface area contributed by atoms with Crippen molar-refractivity contribution in [3.63, 3.8) is 0 Å². The number of nitro groups is 1. The maximum atomic E-state index is 12.7. The minimum atomic E-state index is -4.31. The first-order valence-electron chi connectivity index (χ1n) is 8.20. The van der Waals surface area contributed by atoms with Crippen molar-refractivity contribution in [2.24, 2.45) is 0 Å². The van der Waals surface area contributed by atoms with Crippen molar-refractivity contribution >= 4 is 44.6 Å². The van der Waals surface area contributed by atoms with Crippen LogP contribution in [0.3, 0.4) is 0 Å². The Morgan fingerprint density at radius 3 is 2.24 bits per heavy atom. The molecule has 29 heavy (non-hydrogen) atoms. The van der Waals surface area contributed by atoms with Gasteiger partial charge in [-0.3, -0.25) is 19.6 Å². The van der Waals surface area contributed by atoms with E-state index in [4.69, 9.17) is 11.6 Å². The summed E-state index contributed by atoms with van der Waals surface area (Å²) in [7, 11) is -4.31. The number of carbonyl (C=O) groups excluding carboxylic acids is 1. The van der Waals surface area contributed by atoms with Gasteiger partial charge in [-0.15, -0.1) is 0 Å². The normalized spacial score (nSPS) is 10.9. The molecular weight excluding hydrogens is 418 g/mol. The van der Waals surface area contributed by atoms with Crippen LogP contribution in [-0.2, 0) is 10.0 Å². The van der Waals surface area contributed by atoms with Crippen LogP contribution in [0, 0.1) is 10.1 Å². The number of sulfonamides is 1. The minimum Gasteiger partial charge on any atom is -0.322 e. The van der Waals surface area contributed by atoms with E-state index in [-0.39, 0.29) is 11.3 Å². The van der Waals surface area contributed by atoms with Gasteiger partial charge in [0.25, 0.3) is 21.6 Å². The van der Waals surface area contributed by atoms with Crippen molar-refractivity contribution in [2.45, 2.75) is 4.90 Å². The Kier molecular flexibility index (Phi) is 5.81. The summed E-state index contributed by atoms with van der Waals surface area (Å²) in [6.07, 6.45) is 0. The fraction of sp³-hybridized carbons (Fsp3) is 0. The Labute approximate surface area is 171 Å². The van der Waals surface area contributed by atoms with Gasteiger partial charge in [0.1, 0.15) is 0 Å². The summed E-state index contributed by atoms with van der Waals surface area (Å²) >= 11 is 5.82. The number of nitrogens with one attached hydrogen (secondary N) is 2. The zero-order chi connectivity index (χ0) is 21.0. The zero-order valence-electron chi connectivity index (χ0n) is 14.7. The highest BCUT2D eigenvalue weighted by atomic mass is 35.5. The van der Waals surface area contributed by atoms with E-state index in [9.17, 15) is 23.3 Å². The third kappa shape index (κ3) is 4.71. The van der Waals surface area contributed by atoms with Crippen molar-refractivity contribution in [1.29, 1.82) is 0 Å². The summed E-state index contributed by atoms with van der Waals surface area (Å²) in [5, 5.41) is 14.3. The Hall–Kier alpha value is -3.43. The highest BCUT2D eigenvalue weighted by molar-refractivity contribution is 7.92. The van der Waals surface area contributed by atoms with Gasteiger partial charge in [-0.05, 0) is 42.5 Å². The van der Waals surface area contributed by atoms with Crippen LogP contribution >= 0.6 is 11.6 Å². The van der Waals surface area contributed by atoms with Gasteiger partial charge in [0.05, 0.1) is 16.2 Å². The number of para-hydroxylation sites is 2. The fourth-order valence-electron chi connectivity index (χ4n) is 2.54. The van der Waals surface area contributed by atoms with E-state index in [1.54, 1.807) is 30.3 Å². The molecule has 148 valence electrons. The van der Waals surface area contributed by atoms with Crippen molar-refractivity contribution < 1.29 is 18.1 Å². The van der Waals surface area contributed by atoms with E-state index in [0.717, 1.165) is 12.1 Å². The fourth-order valence-corrected chi connectivity index (χ4v) is 3.92. The van der Waals surface area contributed by atoms with Gasteiger partial charge in [0.15, 0.2) is 4.90 Å².